The molecule has 0 radical (unpaired) electrons. The van der Waals surface area contributed by atoms with Gasteiger partial charge in [0.05, 0.1) is 6.04 Å². The lowest BCUT2D eigenvalue weighted by atomic mass is 10.00. The second-order valence-electron chi connectivity index (χ2n) is 10.4. The fourth-order valence-electron chi connectivity index (χ4n) is 4.30. The van der Waals surface area contributed by atoms with E-state index in [0.717, 1.165) is 11.1 Å². The number of hydrogen-bond donors (Lipinski definition) is 6. The zero-order valence-electron chi connectivity index (χ0n) is 23.3. The fourth-order valence-corrected chi connectivity index (χ4v) is 4.30. The topological polar surface area (TPSA) is 177 Å². The van der Waals surface area contributed by atoms with Crippen LogP contribution in [-0.4, -0.2) is 59.5 Å². The Labute approximate surface area is 236 Å². The summed E-state index contributed by atoms with van der Waals surface area (Å²) in [5.74, 6) is -2.72. The van der Waals surface area contributed by atoms with Crippen LogP contribution < -0.4 is 27.4 Å². The van der Waals surface area contributed by atoms with Gasteiger partial charge in [0.15, 0.2) is 0 Å². The summed E-state index contributed by atoms with van der Waals surface area (Å²) in [6.45, 7) is 4.25. The molecule has 3 amide bonds. The van der Waals surface area contributed by atoms with E-state index in [4.69, 9.17) is 11.5 Å². The zero-order valence-corrected chi connectivity index (χ0v) is 23.3. The van der Waals surface area contributed by atoms with E-state index >= 15 is 0 Å². The molecule has 0 saturated heterocycles. The van der Waals surface area contributed by atoms with Crippen LogP contribution in [0.3, 0.4) is 0 Å². The summed E-state index contributed by atoms with van der Waals surface area (Å²) < 4.78 is 0. The maximum atomic E-state index is 13.4. The van der Waals surface area contributed by atoms with Crippen LogP contribution in [0.1, 0.15) is 50.7 Å². The summed E-state index contributed by atoms with van der Waals surface area (Å²) >= 11 is 0. The Balaban J connectivity index is 2.12. The van der Waals surface area contributed by atoms with Crippen molar-refractivity contribution in [3.05, 3.63) is 71.8 Å². The fraction of sp³-hybridized carbons (Fsp3) is 0.467. The lowest BCUT2D eigenvalue weighted by Crippen LogP contribution is -2.57. The zero-order chi connectivity index (χ0) is 29.5. The minimum Gasteiger partial charge on any atom is -0.480 e. The average Bonchev–Trinajstić information content (AvgIpc) is 2.92. The molecule has 0 saturated carbocycles. The molecular weight excluding hydrogens is 510 g/mol. The molecule has 8 N–H and O–H groups in total. The molecule has 0 aliphatic heterocycles. The standard InChI is InChI=1S/C30H43N5O5/c1-20(2)17-25(34-27(36)23(32)18-21-11-5-3-6-12-21)29(38)33-24(15-9-10-16-31)28(37)35-26(30(39)40)19-22-13-7-4-8-14-22/h3-8,11-14,20,23-26H,9-10,15-19,31-32H2,1-2H3,(H,33,38)(H,34,36)(H,35,37)(H,39,40). The van der Waals surface area contributed by atoms with E-state index < -0.39 is 47.9 Å². The molecule has 0 aliphatic rings. The third-order valence-electron chi connectivity index (χ3n) is 6.45. The lowest BCUT2D eigenvalue weighted by Gasteiger charge is -2.26. The number of unbranched alkanes of at least 4 members (excludes halogenated alkanes) is 1. The van der Waals surface area contributed by atoms with Gasteiger partial charge in [-0.15, -0.1) is 0 Å². The van der Waals surface area contributed by atoms with Gasteiger partial charge in [-0.1, -0.05) is 74.5 Å². The van der Waals surface area contributed by atoms with Gasteiger partial charge in [-0.2, -0.15) is 0 Å². The second kappa shape index (κ2) is 17.0. The summed E-state index contributed by atoms with van der Waals surface area (Å²) in [4.78, 5) is 51.4. The van der Waals surface area contributed by atoms with Crippen molar-refractivity contribution in [2.75, 3.05) is 6.54 Å². The molecule has 0 fully saturated rings. The predicted molar refractivity (Wildman–Crippen MR) is 154 cm³/mol. The second-order valence-corrected chi connectivity index (χ2v) is 10.4. The summed E-state index contributed by atoms with van der Waals surface area (Å²) in [6.07, 6.45) is 2.18. The third-order valence-corrected chi connectivity index (χ3v) is 6.45. The van der Waals surface area contributed by atoms with Gasteiger partial charge in [0.1, 0.15) is 18.1 Å². The molecule has 0 aromatic heterocycles. The van der Waals surface area contributed by atoms with Crippen LogP contribution in [0.5, 0.6) is 0 Å². The molecular formula is C30H43N5O5. The summed E-state index contributed by atoms with van der Waals surface area (Å²) in [5.41, 5.74) is 13.4. The highest BCUT2D eigenvalue weighted by Crippen LogP contribution is 2.10. The molecule has 10 nitrogen and oxygen atoms in total. The van der Waals surface area contributed by atoms with Gasteiger partial charge in [-0.05, 0) is 55.7 Å². The number of carbonyl (C=O) groups excluding carboxylic acids is 3. The van der Waals surface area contributed by atoms with Crippen LogP contribution in [-0.2, 0) is 32.0 Å². The van der Waals surface area contributed by atoms with Crippen molar-refractivity contribution < 1.29 is 24.3 Å². The van der Waals surface area contributed by atoms with E-state index in [0.29, 0.717) is 32.2 Å². The molecule has 2 aromatic rings. The molecule has 0 bridgehead atoms. The SMILES string of the molecule is CC(C)CC(NC(=O)C(N)Cc1ccccc1)C(=O)NC(CCCCN)C(=O)NC(Cc1ccccc1)C(=O)O. The number of carboxylic acid groups (broad SMARTS) is 1. The molecule has 218 valence electrons. The maximum Gasteiger partial charge on any atom is 0.326 e. The van der Waals surface area contributed by atoms with Crippen molar-refractivity contribution in [1.29, 1.82) is 0 Å². The van der Waals surface area contributed by atoms with Crippen molar-refractivity contribution in [1.82, 2.24) is 16.0 Å². The molecule has 0 heterocycles. The number of nitrogens with one attached hydrogen (secondary N) is 3. The molecule has 0 aliphatic carbocycles. The Hall–Kier alpha value is -3.76. The minimum absolute atomic E-state index is 0.0631. The molecule has 2 rings (SSSR count). The van der Waals surface area contributed by atoms with Gasteiger partial charge in [0, 0.05) is 6.42 Å². The van der Waals surface area contributed by atoms with Crippen molar-refractivity contribution in [2.24, 2.45) is 17.4 Å². The number of aliphatic carboxylic acids is 1. The van der Waals surface area contributed by atoms with Gasteiger partial charge in [-0.25, -0.2) is 4.79 Å². The van der Waals surface area contributed by atoms with Crippen LogP contribution in [0.2, 0.25) is 0 Å². The van der Waals surface area contributed by atoms with Crippen molar-refractivity contribution in [2.45, 2.75) is 76.5 Å². The van der Waals surface area contributed by atoms with E-state index in [1.807, 2.05) is 50.2 Å². The molecule has 40 heavy (non-hydrogen) atoms. The monoisotopic (exact) mass is 553 g/mol. The van der Waals surface area contributed by atoms with Gasteiger partial charge in [0.2, 0.25) is 17.7 Å². The number of carbonyl (C=O) groups is 4. The molecule has 4 atom stereocenters. The first-order chi connectivity index (χ1) is 19.1. The Morgan fingerprint density at radius 3 is 1.75 bits per heavy atom. The van der Waals surface area contributed by atoms with Crippen molar-refractivity contribution >= 4 is 23.7 Å². The highest BCUT2D eigenvalue weighted by Gasteiger charge is 2.30. The van der Waals surface area contributed by atoms with Crippen molar-refractivity contribution in [3.63, 3.8) is 0 Å². The van der Waals surface area contributed by atoms with Crippen LogP contribution in [0.4, 0.5) is 0 Å². The summed E-state index contributed by atoms with van der Waals surface area (Å²) in [7, 11) is 0. The first-order valence-electron chi connectivity index (χ1n) is 13.8. The van der Waals surface area contributed by atoms with E-state index in [9.17, 15) is 24.3 Å². The first kappa shape index (κ1) is 32.5. The number of nitrogens with two attached hydrogens (primary N) is 2. The molecule has 4 unspecified atom stereocenters. The number of carboxylic acids is 1. The third kappa shape index (κ3) is 11.5. The average molecular weight is 554 g/mol. The maximum absolute atomic E-state index is 13.4. The number of rotatable bonds is 17. The largest absolute Gasteiger partial charge is 0.480 e. The Bertz CT molecular complexity index is 1080. The molecule has 10 heteroatoms. The van der Waals surface area contributed by atoms with E-state index in [1.54, 1.807) is 24.3 Å². The Morgan fingerprint density at radius 1 is 0.725 bits per heavy atom. The van der Waals surface area contributed by atoms with Gasteiger partial charge < -0.3 is 32.5 Å². The first-order valence-corrected chi connectivity index (χ1v) is 13.8. The Morgan fingerprint density at radius 2 is 1.23 bits per heavy atom. The van der Waals surface area contributed by atoms with Gasteiger partial charge in [-0.3, -0.25) is 14.4 Å². The van der Waals surface area contributed by atoms with Crippen LogP contribution in [0, 0.1) is 5.92 Å². The van der Waals surface area contributed by atoms with E-state index in [-0.39, 0.29) is 18.8 Å². The number of hydrogen-bond acceptors (Lipinski definition) is 6. The lowest BCUT2D eigenvalue weighted by molar-refractivity contribution is -0.142. The number of benzene rings is 2. The van der Waals surface area contributed by atoms with Crippen LogP contribution in [0.15, 0.2) is 60.7 Å². The quantitative estimate of drug-likeness (QED) is 0.161. The Kier molecular flexibility index (Phi) is 13.8. The smallest absolute Gasteiger partial charge is 0.326 e. The van der Waals surface area contributed by atoms with Gasteiger partial charge >= 0.3 is 5.97 Å². The van der Waals surface area contributed by atoms with E-state index in [2.05, 4.69) is 16.0 Å². The van der Waals surface area contributed by atoms with Gasteiger partial charge in [0.25, 0.3) is 0 Å². The summed E-state index contributed by atoms with van der Waals surface area (Å²) in [6, 6.07) is 14.4. The van der Waals surface area contributed by atoms with Crippen molar-refractivity contribution in [3.8, 4) is 0 Å². The molecule has 2 aromatic carbocycles. The van der Waals surface area contributed by atoms with E-state index in [1.165, 1.54) is 0 Å². The molecule has 0 spiro atoms. The summed E-state index contributed by atoms with van der Waals surface area (Å²) in [5, 5.41) is 17.8. The highest BCUT2D eigenvalue weighted by molar-refractivity contribution is 5.94. The number of amides is 3. The predicted octanol–water partition coefficient (Wildman–Crippen LogP) is 1.51. The highest BCUT2D eigenvalue weighted by atomic mass is 16.4. The van der Waals surface area contributed by atoms with Crippen LogP contribution in [0.25, 0.3) is 0 Å². The minimum atomic E-state index is -1.18. The normalized spacial score (nSPS) is 14.0. The van der Waals surface area contributed by atoms with Crippen LogP contribution >= 0.6 is 0 Å².